The summed E-state index contributed by atoms with van der Waals surface area (Å²) >= 11 is 6.05. The predicted molar refractivity (Wildman–Crippen MR) is 81.4 cm³/mol. The fourth-order valence-corrected chi connectivity index (χ4v) is 2.13. The van der Waals surface area contributed by atoms with Crippen molar-refractivity contribution in [2.45, 2.75) is 6.92 Å². The molecule has 0 aliphatic heterocycles. The molecule has 0 aliphatic carbocycles. The molecule has 2 aromatic rings. The van der Waals surface area contributed by atoms with Gasteiger partial charge in [0.25, 0.3) is 0 Å². The number of halogens is 1. The van der Waals surface area contributed by atoms with E-state index in [-0.39, 0.29) is 16.4 Å². The van der Waals surface area contributed by atoms with E-state index in [0.29, 0.717) is 16.9 Å². The highest BCUT2D eigenvalue weighted by Gasteiger charge is 2.20. The summed E-state index contributed by atoms with van der Waals surface area (Å²) in [6.45, 7) is 8.72. The molecule has 0 saturated carbocycles. The number of anilines is 1. The van der Waals surface area contributed by atoms with Crippen LogP contribution >= 0.6 is 11.6 Å². The minimum Gasteiger partial charge on any atom is -0.464 e. The monoisotopic (exact) mass is 301 g/mol. The Morgan fingerprint density at radius 3 is 2.52 bits per heavy atom. The Hall–Kier alpha value is -2.58. The van der Waals surface area contributed by atoms with Crippen LogP contribution in [-0.2, 0) is 4.74 Å². The molecule has 0 fully saturated rings. The lowest BCUT2D eigenvalue weighted by Gasteiger charge is -2.12. The van der Waals surface area contributed by atoms with Gasteiger partial charge in [-0.1, -0.05) is 35.9 Å². The number of aromatic nitrogens is 1. The molecule has 1 heterocycles. The van der Waals surface area contributed by atoms with Crippen LogP contribution in [0.4, 0.5) is 11.4 Å². The zero-order chi connectivity index (χ0) is 15.6. The average molecular weight is 302 g/mol. The molecule has 106 valence electrons. The maximum absolute atomic E-state index is 11.7. The highest BCUT2D eigenvalue weighted by Crippen LogP contribution is 2.33. The molecule has 5 nitrogen and oxygen atoms in total. The number of carbonyl (C=O) groups is 1. The third-order valence-electron chi connectivity index (χ3n) is 3.08. The summed E-state index contributed by atoms with van der Waals surface area (Å²) in [6.07, 6.45) is 0. The molecule has 0 saturated heterocycles. The minimum absolute atomic E-state index is 0.0217. The molecular weight excluding hydrogens is 290 g/mol. The smallest absolute Gasteiger partial charge is 0.358 e. The second kappa shape index (κ2) is 5.81. The van der Waals surface area contributed by atoms with Crippen LogP contribution in [0.1, 0.15) is 16.1 Å². The summed E-state index contributed by atoms with van der Waals surface area (Å²) in [4.78, 5) is 19.3. The molecule has 0 radical (unpaired) electrons. The van der Waals surface area contributed by atoms with Gasteiger partial charge in [0.1, 0.15) is 0 Å². The van der Waals surface area contributed by atoms with E-state index in [1.807, 2.05) is 0 Å². The normalized spacial score (nSPS) is 10.0. The van der Waals surface area contributed by atoms with Crippen molar-refractivity contribution in [2.75, 3.05) is 12.8 Å². The number of pyridine rings is 1. The summed E-state index contributed by atoms with van der Waals surface area (Å²) in [5.41, 5.74) is 8.68. The number of ether oxygens (including phenoxy) is 1. The molecule has 0 aliphatic rings. The Labute approximate surface area is 127 Å². The van der Waals surface area contributed by atoms with Gasteiger partial charge in [0.2, 0.25) is 0 Å². The molecule has 1 aromatic carbocycles. The number of hydrogen-bond acceptors (Lipinski definition) is 4. The molecule has 2 N–H and O–H groups in total. The van der Waals surface area contributed by atoms with Gasteiger partial charge >= 0.3 is 5.97 Å². The second-order valence-electron chi connectivity index (χ2n) is 4.31. The second-order valence-corrected chi connectivity index (χ2v) is 4.69. The van der Waals surface area contributed by atoms with E-state index in [2.05, 4.69) is 14.6 Å². The van der Waals surface area contributed by atoms with Crippen molar-refractivity contribution < 1.29 is 9.53 Å². The Morgan fingerprint density at radius 1 is 1.38 bits per heavy atom. The Bertz CT molecular complexity index is 749. The van der Waals surface area contributed by atoms with E-state index in [9.17, 15) is 4.79 Å². The quantitative estimate of drug-likeness (QED) is 0.679. The molecule has 0 amide bonds. The lowest BCUT2D eigenvalue weighted by atomic mass is 10.0. The van der Waals surface area contributed by atoms with Crippen LogP contribution in [0, 0.1) is 13.5 Å². The third kappa shape index (κ3) is 2.67. The molecule has 0 spiro atoms. The maximum atomic E-state index is 11.7. The largest absolute Gasteiger partial charge is 0.464 e. The molecule has 2 rings (SSSR count). The molecular formula is C15H12ClN3O2. The van der Waals surface area contributed by atoms with E-state index in [4.69, 9.17) is 23.9 Å². The van der Waals surface area contributed by atoms with E-state index < -0.39 is 5.97 Å². The summed E-state index contributed by atoms with van der Waals surface area (Å²) in [6, 6.07) is 6.84. The first kappa shape index (κ1) is 14.8. The SMILES string of the molecule is [C-]#[N+]c1ccc(-c2nc(C(=O)OC)c(Cl)c(N)c2C)cc1. The van der Waals surface area contributed by atoms with Crippen molar-refractivity contribution >= 4 is 28.9 Å². The van der Waals surface area contributed by atoms with Gasteiger partial charge in [-0.05, 0) is 18.1 Å². The molecule has 1 aromatic heterocycles. The van der Waals surface area contributed by atoms with Crippen LogP contribution in [0.5, 0.6) is 0 Å². The summed E-state index contributed by atoms with van der Waals surface area (Å²) in [5.74, 6) is -0.647. The zero-order valence-electron chi connectivity index (χ0n) is 11.5. The lowest BCUT2D eigenvalue weighted by molar-refractivity contribution is 0.0594. The molecule has 0 bridgehead atoms. The Morgan fingerprint density at radius 2 is 2.00 bits per heavy atom. The van der Waals surface area contributed by atoms with Gasteiger partial charge in [0.15, 0.2) is 11.4 Å². The zero-order valence-corrected chi connectivity index (χ0v) is 12.2. The molecule has 6 heteroatoms. The summed E-state index contributed by atoms with van der Waals surface area (Å²) in [7, 11) is 1.25. The van der Waals surface area contributed by atoms with Gasteiger partial charge in [0, 0.05) is 0 Å². The van der Waals surface area contributed by atoms with Crippen LogP contribution in [0.2, 0.25) is 5.02 Å². The number of benzene rings is 1. The van der Waals surface area contributed by atoms with Gasteiger partial charge in [-0.15, -0.1) is 0 Å². The van der Waals surface area contributed by atoms with Crippen molar-refractivity contribution in [3.8, 4) is 11.3 Å². The number of esters is 1. The maximum Gasteiger partial charge on any atom is 0.358 e. The number of carbonyl (C=O) groups excluding carboxylic acids is 1. The first-order valence-electron chi connectivity index (χ1n) is 6.01. The predicted octanol–water partition coefficient (Wildman–Crippen LogP) is 3.63. The van der Waals surface area contributed by atoms with Crippen LogP contribution in [0.25, 0.3) is 16.1 Å². The molecule has 0 unspecified atom stereocenters. The fourth-order valence-electron chi connectivity index (χ4n) is 1.87. The van der Waals surface area contributed by atoms with Crippen molar-refractivity contribution in [3.63, 3.8) is 0 Å². The van der Waals surface area contributed by atoms with Crippen molar-refractivity contribution in [1.82, 2.24) is 4.98 Å². The van der Waals surface area contributed by atoms with Gasteiger partial charge in [-0.3, -0.25) is 0 Å². The van der Waals surface area contributed by atoms with E-state index in [0.717, 1.165) is 5.56 Å². The van der Waals surface area contributed by atoms with Crippen molar-refractivity contribution in [1.29, 1.82) is 0 Å². The van der Waals surface area contributed by atoms with Gasteiger partial charge < -0.3 is 10.5 Å². The van der Waals surface area contributed by atoms with Crippen molar-refractivity contribution in [3.05, 3.63) is 52.0 Å². The van der Waals surface area contributed by atoms with Crippen LogP contribution in [0.3, 0.4) is 0 Å². The van der Waals surface area contributed by atoms with Crippen LogP contribution < -0.4 is 5.73 Å². The molecule has 21 heavy (non-hydrogen) atoms. The number of methoxy groups -OCH3 is 1. The van der Waals surface area contributed by atoms with Gasteiger partial charge in [0.05, 0.1) is 30.1 Å². The number of nitrogen functional groups attached to an aromatic ring is 1. The molecule has 0 atom stereocenters. The minimum atomic E-state index is -0.647. The highest BCUT2D eigenvalue weighted by atomic mass is 35.5. The fraction of sp³-hybridized carbons (Fsp3) is 0.133. The third-order valence-corrected chi connectivity index (χ3v) is 3.46. The van der Waals surface area contributed by atoms with E-state index in [1.54, 1.807) is 31.2 Å². The highest BCUT2D eigenvalue weighted by molar-refractivity contribution is 6.36. The summed E-state index contributed by atoms with van der Waals surface area (Å²) in [5, 5.41) is 0.0841. The van der Waals surface area contributed by atoms with Gasteiger partial charge in [-0.25, -0.2) is 14.6 Å². The Kier molecular flexibility index (Phi) is 4.10. The van der Waals surface area contributed by atoms with Crippen LogP contribution in [0.15, 0.2) is 24.3 Å². The standard InChI is InChI=1S/C15H12ClN3O2/c1-8-12(17)11(16)14(15(20)21-3)19-13(8)9-4-6-10(18-2)7-5-9/h4-7H,1,3H3,(H2,17,19). The van der Waals surface area contributed by atoms with E-state index >= 15 is 0 Å². The van der Waals surface area contributed by atoms with E-state index in [1.165, 1.54) is 7.11 Å². The number of nitrogens with two attached hydrogens (primary N) is 1. The first-order chi connectivity index (χ1) is 9.99. The Balaban J connectivity index is 2.65. The summed E-state index contributed by atoms with van der Waals surface area (Å²) < 4.78 is 4.66. The first-order valence-corrected chi connectivity index (χ1v) is 6.39. The number of hydrogen-bond donors (Lipinski definition) is 1. The average Bonchev–Trinajstić information content (AvgIpc) is 2.52. The topological polar surface area (TPSA) is 69.6 Å². The van der Waals surface area contributed by atoms with Crippen LogP contribution in [-0.4, -0.2) is 18.1 Å². The number of rotatable bonds is 2. The van der Waals surface area contributed by atoms with Crippen molar-refractivity contribution in [2.24, 2.45) is 0 Å². The number of nitrogens with zero attached hydrogens (tertiary/aromatic N) is 2. The lowest BCUT2D eigenvalue weighted by Crippen LogP contribution is -2.09. The van der Waals surface area contributed by atoms with Gasteiger partial charge in [-0.2, -0.15) is 0 Å².